The number of hydrogen-bond acceptors (Lipinski definition) is 10. The molecule has 13 nitrogen and oxygen atoms in total. The summed E-state index contributed by atoms with van der Waals surface area (Å²) in [5, 5.41) is 29.1. The Balaban J connectivity index is 1.60. The molecule has 2 fully saturated rings. The zero-order valence-corrected chi connectivity index (χ0v) is 21.2. The van der Waals surface area contributed by atoms with E-state index < -0.39 is 29.3 Å². The molecule has 2 N–H and O–H groups in total. The van der Waals surface area contributed by atoms with Crippen LogP contribution in [0, 0.1) is 17.1 Å². The van der Waals surface area contributed by atoms with Crippen LogP contribution in [0.2, 0.25) is 0 Å². The molecule has 0 unspecified atom stereocenters. The number of benzene rings is 1. The van der Waals surface area contributed by atoms with Crippen LogP contribution in [0.15, 0.2) is 29.3 Å². The van der Waals surface area contributed by atoms with E-state index in [0.29, 0.717) is 0 Å². The maximum Gasteiger partial charge on any atom is 0.407 e. The standard InChI is InChI=1S/C25H27FN8O5/c1-31-9-3-4-16(31)13-39-24-29-20-19(28-14-34(23(20)36)21-17(26)5-2-6-18(21)35)22(30-24)32-10-11-33(25(37)38)15(12-32)7-8-27/h2,5-6,14-16,35H,3-4,7,9-13H2,1H3,(H,37,38)/t15-,16-/m0/s1. The highest BCUT2D eigenvalue weighted by molar-refractivity contribution is 5.85. The Morgan fingerprint density at radius 1 is 1.23 bits per heavy atom. The van der Waals surface area contributed by atoms with Crippen molar-refractivity contribution in [2.24, 2.45) is 0 Å². The number of amides is 1. The Labute approximate surface area is 222 Å². The summed E-state index contributed by atoms with van der Waals surface area (Å²) in [6, 6.07) is 5.14. The highest BCUT2D eigenvalue weighted by Crippen LogP contribution is 2.28. The van der Waals surface area contributed by atoms with Crippen LogP contribution in [0.5, 0.6) is 11.8 Å². The smallest absolute Gasteiger partial charge is 0.407 e. The number of fused-ring (bicyclic) bond motifs is 1. The van der Waals surface area contributed by atoms with Crippen LogP contribution in [-0.4, -0.2) is 97.5 Å². The molecule has 2 aliphatic rings. The number of carboxylic acid groups (broad SMARTS) is 1. The van der Waals surface area contributed by atoms with Gasteiger partial charge in [0.2, 0.25) is 0 Å². The Hall–Kier alpha value is -4.51. The normalized spacial score (nSPS) is 19.8. The lowest BCUT2D eigenvalue weighted by Crippen LogP contribution is -2.55. The van der Waals surface area contributed by atoms with Crippen molar-refractivity contribution in [3.63, 3.8) is 0 Å². The number of aromatic hydroxyl groups is 1. The molecule has 39 heavy (non-hydrogen) atoms. The second-order valence-corrected chi connectivity index (χ2v) is 9.58. The number of phenols is 1. The number of aromatic nitrogens is 4. The van der Waals surface area contributed by atoms with Gasteiger partial charge in [0.05, 0.1) is 18.5 Å². The molecule has 0 radical (unpaired) electrons. The summed E-state index contributed by atoms with van der Waals surface area (Å²) >= 11 is 0. The molecule has 2 aliphatic heterocycles. The number of likely N-dealkylation sites (tertiary alicyclic amines) is 1. The number of anilines is 1. The highest BCUT2D eigenvalue weighted by atomic mass is 19.1. The van der Waals surface area contributed by atoms with Crippen molar-refractivity contribution in [2.45, 2.75) is 31.3 Å². The van der Waals surface area contributed by atoms with Crippen molar-refractivity contribution in [1.29, 1.82) is 5.26 Å². The van der Waals surface area contributed by atoms with Crippen LogP contribution in [0.1, 0.15) is 19.3 Å². The first-order valence-corrected chi connectivity index (χ1v) is 12.5. The number of ether oxygens (including phenoxy) is 1. The van der Waals surface area contributed by atoms with E-state index in [0.717, 1.165) is 36.3 Å². The number of halogens is 1. The van der Waals surface area contributed by atoms with Crippen molar-refractivity contribution in [2.75, 3.05) is 44.7 Å². The molecule has 0 spiro atoms. The fourth-order valence-corrected chi connectivity index (χ4v) is 5.10. The molecule has 0 aliphatic carbocycles. The summed E-state index contributed by atoms with van der Waals surface area (Å²) in [5.41, 5.74) is -1.16. The van der Waals surface area contributed by atoms with Crippen LogP contribution in [0.4, 0.5) is 15.0 Å². The molecule has 5 rings (SSSR count). The van der Waals surface area contributed by atoms with Gasteiger partial charge in [-0.05, 0) is 38.6 Å². The molecule has 204 valence electrons. The molecule has 0 saturated carbocycles. The van der Waals surface area contributed by atoms with Gasteiger partial charge >= 0.3 is 12.1 Å². The van der Waals surface area contributed by atoms with E-state index in [2.05, 4.69) is 19.9 Å². The van der Waals surface area contributed by atoms with Crippen molar-refractivity contribution in [1.82, 2.24) is 29.3 Å². The maximum absolute atomic E-state index is 14.6. The average Bonchev–Trinajstić information content (AvgIpc) is 3.33. The molecule has 1 amide bonds. The van der Waals surface area contributed by atoms with E-state index in [4.69, 9.17) is 4.74 Å². The molecule has 1 aromatic carbocycles. The molecule has 2 aromatic heterocycles. The number of nitriles is 1. The number of phenolic OH excluding ortho intramolecular Hbond substituents is 1. The first-order valence-electron chi connectivity index (χ1n) is 12.5. The fourth-order valence-electron chi connectivity index (χ4n) is 5.10. The van der Waals surface area contributed by atoms with Crippen LogP contribution in [-0.2, 0) is 0 Å². The van der Waals surface area contributed by atoms with Crippen LogP contribution in [0.3, 0.4) is 0 Å². The van der Waals surface area contributed by atoms with E-state index in [1.54, 1.807) is 4.90 Å². The van der Waals surface area contributed by atoms with Crippen molar-refractivity contribution in [3.8, 4) is 23.5 Å². The molecule has 0 bridgehead atoms. The van der Waals surface area contributed by atoms with Crippen LogP contribution in [0.25, 0.3) is 16.7 Å². The quantitative estimate of drug-likeness (QED) is 0.469. The van der Waals surface area contributed by atoms with Gasteiger partial charge in [-0.1, -0.05) is 6.07 Å². The lowest BCUT2D eigenvalue weighted by molar-refractivity contribution is 0.119. The molecule has 2 saturated heterocycles. The van der Waals surface area contributed by atoms with Gasteiger partial charge in [0.1, 0.15) is 29.9 Å². The van der Waals surface area contributed by atoms with Gasteiger partial charge in [-0.2, -0.15) is 15.2 Å². The third-order valence-electron chi connectivity index (χ3n) is 7.21. The largest absolute Gasteiger partial charge is 0.506 e. The molecule has 3 aromatic rings. The SMILES string of the molecule is CN1CCC[C@H]1COc1nc(N2CCN(C(=O)O)[C@@H](CC#N)C2)c2ncn(-c3c(O)cccc3F)c(=O)c2n1. The number of rotatable bonds is 6. The Kier molecular flexibility index (Phi) is 7.16. The third kappa shape index (κ3) is 5.00. The lowest BCUT2D eigenvalue weighted by atomic mass is 10.1. The first-order chi connectivity index (χ1) is 18.8. The van der Waals surface area contributed by atoms with Crippen LogP contribution >= 0.6 is 0 Å². The van der Waals surface area contributed by atoms with Gasteiger partial charge in [-0.15, -0.1) is 0 Å². The fraction of sp³-hybridized carbons (Fsp3) is 0.440. The zero-order valence-electron chi connectivity index (χ0n) is 21.2. The third-order valence-corrected chi connectivity index (χ3v) is 7.21. The Morgan fingerprint density at radius 3 is 2.74 bits per heavy atom. The minimum atomic E-state index is -1.13. The first kappa shape index (κ1) is 26.1. The van der Waals surface area contributed by atoms with E-state index in [1.807, 2.05) is 13.1 Å². The number of hydrogen-bond donors (Lipinski definition) is 2. The monoisotopic (exact) mass is 538 g/mol. The second-order valence-electron chi connectivity index (χ2n) is 9.58. The number of nitrogens with zero attached hydrogens (tertiary/aromatic N) is 8. The molecule has 4 heterocycles. The molecule has 2 atom stereocenters. The molecule has 14 heteroatoms. The van der Waals surface area contributed by atoms with Crippen molar-refractivity contribution in [3.05, 3.63) is 40.7 Å². The summed E-state index contributed by atoms with van der Waals surface area (Å²) in [6.45, 7) is 1.69. The second kappa shape index (κ2) is 10.7. The van der Waals surface area contributed by atoms with Crippen LogP contribution < -0.4 is 15.2 Å². The van der Waals surface area contributed by atoms with E-state index in [1.165, 1.54) is 17.0 Å². The minimum absolute atomic E-state index is 0.0318. The van der Waals surface area contributed by atoms with Gasteiger partial charge in [0.25, 0.3) is 5.56 Å². The summed E-state index contributed by atoms with van der Waals surface area (Å²) in [5.74, 6) is -1.03. The number of likely N-dealkylation sites (N-methyl/N-ethyl adjacent to an activating group) is 1. The summed E-state index contributed by atoms with van der Waals surface area (Å²) in [6.07, 6.45) is 1.89. The van der Waals surface area contributed by atoms with Gasteiger partial charge in [-0.3, -0.25) is 9.36 Å². The Bertz CT molecular complexity index is 1490. The van der Waals surface area contributed by atoms with E-state index >= 15 is 0 Å². The van der Waals surface area contributed by atoms with Crippen molar-refractivity contribution >= 4 is 22.9 Å². The summed E-state index contributed by atoms with van der Waals surface area (Å²) < 4.78 is 21.4. The number of carbonyl (C=O) groups is 1. The lowest BCUT2D eigenvalue weighted by Gasteiger charge is -2.39. The Morgan fingerprint density at radius 2 is 2.05 bits per heavy atom. The van der Waals surface area contributed by atoms with Gasteiger partial charge < -0.3 is 29.6 Å². The average molecular weight is 539 g/mol. The zero-order chi connectivity index (χ0) is 27.7. The van der Waals surface area contributed by atoms with Gasteiger partial charge in [0.15, 0.2) is 17.2 Å². The van der Waals surface area contributed by atoms with Gasteiger partial charge in [-0.25, -0.2) is 14.2 Å². The van der Waals surface area contributed by atoms with E-state index in [-0.39, 0.29) is 67.3 Å². The van der Waals surface area contributed by atoms with Crippen molar-refractivity contribution < 1.29 is 24.1 Å². The predicted octanol–water partition coefficient (Wildman–Crippen LogP) is 1.58. The predicted molar refractivity (Wildman–Crippen MR) is 137 cm³/mol. The van der Waals surface area contributed by atoms with Gasteiger partial charge in [0, 0.05) is 25.7 Å². The highest BCUT2D eigenvalue weighted by Gasteiger charge is 2.33. The number of para-hydroxylation sites is 1. The molecular formula is C25H27FN8O5. The van der Waals surface area contributed by atoms with E-state index in [9.17, 15) is 29.5 Å². The topological polar surface area (TPSA) is 161 Å². The number of piperazine rings is 1. The summed E-state index contributed by atoms with van der Waals surface area (Å²) in [7, 11) is 1.99. The summed E-state index contributed by atoms with van der Waals surface area (Å²) in [4.78, 5) is 43.6. The minimum Gasteiger partial charge on any atom is -0.506 e. The molecular weight excluding hydrogens is 511 g/mol. The maximum atomic E-state index is 14.6.